The van der Waals surface area contributed by atoms with E-state index in [2.05, 4.69) is 5.32 Å². The summed E-state index contributed by atoms with van der Waals surface area (Å²) in [6.45, 7) is 2.15. The highest BCUT2D eigenvalue weighted by atomic mass is 32.1. The number of hydrogen-bond acceptors (Lipinski definition) is 5. The van der Waals surface area contributed by atoms with Crippen LogP contribution >= 0.6 is 11.3 Å². The summed E-state index contributed by atoms with van der Waals surface area (Å²) in [6, 6.07) is 8.16. The fourth-order valence-electron chi connectivity index (χ4n) is 2.99. The van der Waals surface area contributed by atoms with E-state index >= 15 is 0 Å². The summed E-state index contributed by atoms with van der Waals surface area (Å²) in [6.07, 6.45) is 1.67. The molecule has 1 N–H and O–H groups in total. The summed E-state index contributed by atoms with van der Waals surface area (Å²) in [5.74, 6) is -1.39. The van der Waals surface area contributed by atoms with Crippen LogP contribution in [0, 0.1) is 17.0 Å². The molecule has 3 rings (SSSR count). The number of nitrogens with one attached hydrogen (secondary N) is 1. The van der Waals surface area contributed by atoms with E-state index in [1.807, 2.05) is 17.5 Å². The van der Waals surface area contributed by atoms with Crippen molar-refractivity contribution in [2.24, 2.45) is 0 Å². The van der Waals surface area contributed by atoms with Crippen LogP contribution in [0.3, 0.4) is 0 Å². The number of amides is 2. The zero-order chi connectivity index (χ0) is 18.0. The Morgan fingerprint density at radius 2 is 2.16 bits per heavy atom. The van der Waals surface area contributed by atoms with Crippen molar-refractivity contribution >= 4 is 34.5 Å². The third-order valence-electron chi connectivity index (χ3n) is 4.24. The lowest BCUT2D eigenvalue weighted by Gasteiger charge is -2.23. The summed E-state index contributed by atoms with van der Waals surface area (Å²) in [5.41, 5.74) is 0.636. The van der Waals surface area contributed by atoms with Crippen molar-refractivity contribution in [3.63, 3.8) is 0 Å². The summed E-state index contributed by atoms with van der Waals surface area (Å²) in [4.78, 5) is 38.0. The van der Waals surface area contributed by atoms with Crippen molar-refractivity contribution < 1.29 is 14.5 Å². The van der Waals surface area contributed by atoms with Gasteiger partial charge < -0.3 is 10.2 Å². The number of aryl methyl sites for hydroxylation is 1. The van der Waals surface area contributed by atoms with E-state index in [0.717, 1.165) is 17.7 Å². The lowest BCUT2D eigenvalue weighted by Crippen LogP contribution is -2.39. The zero-order valence-corrected chi connectivity index (χ0v) is 14.4. The molecule has 7 nitrogen and oxygen atoms in total. The van der Waals surface area contributed by atoms with E-state index in [-0.39, 0.29) is 17.4 Å². The smallest absolute Gasteiger partial charge is 0.313 e. The minimum absolute atomic E-state index is 0.0781. The van der Waals surface area contributed by atoms with Crippen LogP contribution in [0.4, 0.5) is 11.4 Å². The third kappa shape index (κ3) is 3.53. The number of benzene rings is 1. The van der Waals surface area contributed by atoms with E-state index < -0.39 is 16.7 Å². The second-order valence-corrected chi connectivity index (χ2v) is 6.86. The van der Waals surface area contributed by atoms with Gasteiger partial charge in [0.15, 0.2) is 0 Å². The van der Waals surface area contributed by atoms with E-state index in [9.17, 15) is 19.7 Å². The average molecular weight is 359 g/mol. The second kappa shape index (κ2) is 7.02. The number of likely N-dealkylation sites (tertiary alicyclic amines) is 1. The van der Waals surface area contributed by atoms with Crippen molar-refractivity contribution in [1.82, 2.24) is 4.90 Å². The fourth-order valence-corrected chi connectivity index (χ4v) is 3.86. The van der Waals surface area contributed by atoms with Crippen LogP contribution in [0.5, 0.6) is 0 Å². The van der Waals surface area contributed by atoms with E-state index in [0.29, 0.717) is 12.1 Å². The Morgan fingerprint density at radius 1 is 1.36 bits per heavy atom. The van der Waals surface area contributed by atoms with Crippen LogP contribution in [0.1, 0.15) is 29.3 Å². The van der Waals surface area contributed by atoms with Crippen LogP contribution in [0.25, 0.3) is 0 Å². The summed E-state index contributed by atoms with van der Waals surface area (Å²) >= 11 is 1.56. The molecule has 0 unspecified atom stereocenters. The molecule has 1 saturated heterocycles. The van der Waals surface area contributed by atoms with Gasteiger partial charge in [-0.1, -0.05) is 12.1 Å². The van der Waals surface area contributed by atoms with Crippen molar-refractivity contribution in [3.8, 4) is 0 Å². The predicted octanol–water partition coefficient (Wildman–Crippen LogP) is 3.27. The number of carbonyl (C=O) groups is 2. The number of nitro groups is 1. The molecule has 1 aromatic carbocycles. The molecule has 0 saturated carbocycles. The van der Waals surface area contributed by atoms with Crippen LogP contribution in [-0.2, 0) is 9.59 Å². The van der Waals surface area contributed by atoms with Crippen molar-refractivity contribution in [1.29, 1.82) is 0 Å². The number of carbonyl (C=O) groups excluding carboxylic acids is 2. The number of thiophene rings is 1. The molecule has 2 aromatic rings. The zero-order valence-electron chi connectivity index (χ0n) is 13.6. The molecule has 0 aliphatic carbocycles. The molecular formula is C17H17N3O4S. The van der Waals surface area contributed by atoms with Gasteiger partial charge in [-0.3, -0.25) is 19.7 Å². The first-order chi connectivity index (χ1) is 12.0. The standard InChI is InChI=1S/C17H17N3O4S/c1-11-6-7-12(10-14(11)20(23)24)18-16(21)17(22)19-8-2-4-13(19)15-5-3-9-25-15/h3,5-7,9-10,13H,2,4,8H2,1H3,(H,18,21)/t13-/m1/s1. The van der Waals surface area contributed by atoms with Crippen LogP contribution in [0.15, 0.2) is 35.7 Å². The molecule has 2 amide bonds. The molecule has 0 bridgehead atoms. The maximum atomic E-state index is 12.5. The lowest BCUT2D eigenvalue weighted by atomic mass is 10.1. The van der Waals surface area contributed by atoms with Crippen LogP contribution in [0.2, 0.25) is 0 Å². The average Bonchev–Trinajstić information content (AvgIpc) is 3.26. The Bertz CT molecular complexity index is 819. The topological polar surface area (TPSA) is 92.6 Å². The van der Waals surface area contributed by atoms with Gasteiger partial charge in [0.2, 0.25) is 0 Å². The highest BCUT2D eigenvalue weighted by molar-refractivity contribution is 7.10. The minimum atomic E-state index is -0.776. The molecule has 1 fully saturated rings. The number of hydrogen-bond donors (Lipinski definition) is 1. The molecule has 1 aliphatic rings. The quantitative estimate of drug-likeness (QED) is 0.517. The maximum absolute atomic E-state index is 12.5. The van der Waals surface area contributed by atoms with Gasteiger partial charge in [-0.2, -0.15) is 0 Å². The largest absolute Gasteiger partial charge is 0.327 e. The van der Waals surface area contributed by atoms with Gasteiger partial charge in [-0.05, 0) is 37.3 Å². The summed E-state index contributed by atoms with van der Waals surface area (Å²) < 4.78 is 0. The Morgan fingerprint density at radius 3 is 2.84 bits per heavy atom. The maximum Gasteiger partial charge on any atom is 0.313 e. The molecule has 2 heterocycles. The number of anilines is 1. The number of rotatable bonds is 3. The highest BCUT2D eigenvalue weighted by Gasteiger charge is 2.34. The molecule has 8 heteroatoms. The number of nitro benzene ring substituents is 1. The Balaban J connectivity index is 1.74. The van der Waals surface area contributed by atoms with Crippen molar-refractivity contribution in [2.75, 3.05) is 11.9 Å². The Hall–Kier alpha value is -2.74. The Labute approximate surface area is 148 Å². The van der Waals surface area contributed by atoms with Gasteiger partial charge in [0.25, 0.3) is 5.69 Å². The molecule has 0 spiro atoms. The fraction of sp³-hybridized carbons (Fsp3) is 0.294. The SMILES string of the molecule is Cc1ccc(NC(=O)C(=O)N2CCC[C@@H]2c2cccs2)cc1[N+](=O)[O-]. The lowest BCUT2D eigenvalue weighted by molar-refractivity contribution is -0.385. The van der Waals surface area contributed by atoms with Crippen LogP contribution in [-0.4, -0.2) is 28.2 Å². The summed E-state index contributed by atoms with van der Waals surface area (Å²) in [7, 11) is 0. The van der Waals surface area contributed by atoms with Gasteiger partial charge in [-0.15, -0.1) is 11.3 Å². The molecule has 0 radical (unpaired) electrons. The van der Waals surface area contributed by atoms with Gasteiger partial charge in [0, 0.05) is 28.7 Å². The first-order valence-corrected chi connectivity index (χ1v) is 8.75. The first kappa shape index (κ1) is 17.1. The van der Waals surface area contributed by atoms with E-state index in [1.165, 1.54) is 6.07 Å². The molecule has 1 atom stereocenters. The van der Waals surface area contributed by atoms with E-state index in [1.54, 1.807) is 35.3 Å². The third-order valence-corrected chi connectivity index (χ3v) is 5.22. The molecular weight excluding hydrogens is 342 g/mol. The highest BCUT2D eigenvalue weighted by Crippen LogP contribution is 2.34. The van der Waals surface area contributed by atoms with Gasteiger partial charge in [0.05, 0.1) is 11.0 Å². The normalized spacial score (nSPS) is 16.7. The monoisotopic (exact) mass is 359 g/mol. The second-order valence-electron chi connectivity index (χ2n) is 5.88. The van der Waals surface area contributed by atoms with Crippen molar-refractivity contribution in [3.05, 3.63) is 56.3 Å². The molecule has 1 aliphatic heterocycles. The minimum Gasteiger partial charge on any atom is -0.327 e. The number of nitrogens with zero attached hydrogens (tertiary/aromatic N) is 2. The molecule has 25 heavy (non-hydrogen) atoms. The molecule has 1 aromatic heterocycles. The van der Waals surface area contributed by atoms with E-state index in [4.69, 9.17) is 0 Å². The van der Waals surface area contributed by atoms with Crippen molar-refractivity contribution in [2.45, 2.75) is 25.8 Å². The van der Waals surface area contributed by atoms with Gasteiger partial charge >= 0.3 is 11.8 Å². The summed E-state index contributed by atoms with van der Waals surface area (Å²) in [5, 5.41) is 15.4. The predicted molar refractivity (Wildman–Crippen MR) is 94.5 cm³/mol. The van der Waals surface area contributed by atoms with Gasteiger partial charge in [0.1, 0.15) is 0 Å². The first-order valence-electron chi connectivity index (χ1n) is 7.88. The molecule has 130 valence electrons. The van der Waals surface area contributed by atoms with Crippen LogP contribution < -0.4 is 5.32 Å². The van der Waals surface area contributed by atoms with Gasteiger partial charge in [-0.25, -0.2) is 0 Å². The Kier molecular flexibility index (Phi) is 4.80.